The Morgan fingerprint density at radius 1 is 1.25 bits per heavy atom. The molecule has 2 heterocycles. The lowest BCUT2D eigenvalue weighted by Crippen LogP contribution is -2.22. The van der Waals surface area contributed by atoms with Crippen molar-refractivity contribution >= 4 is 22.4 Å². The van der Waals surface area contributed by atoms with Crippen molar-refractivity contribution in [3.8, 4) is 11.5 Å². The number of unbranched alkanes of at least 4 members (excludes halogenated alkanes) is 5. The Hall–Kier alpha value is -1.86. The predicted molar refractivity (Wildman–Crippen MR) is 101 cm³/mol. The van der Waals surface area contributed by atoms with Gasteiger partial charge >= 0.3 is 0 Å². The van der Waals surface area contributed by atoms with E-state index < -0.39 is 0 Å². The first-order chi connectivity index (χ1) is 11.7. The van der Waals surface area contributed by atoms with Crippen LogP contribution in [0.5, 0.6) is 0 Å². The van der Waals surface area contributed by atoms with Crippen LogP contribution in [0.15, 0.2) is 26.9 Å². The van der Waals surface area contributed by atoms with E-state index in [0.29, 0.717) is 23.4 Å². The molecule has 0 amide bonds. The number of nitrogens with zero attached hydrogens (tertiary/aromatic N) is 2. The Labute approximate surface area is 147 Å². The first-order valence-corrected chi connectivity index (χ1v) is 9.42. The minimum Gasteiger partial charge on any atom is -0.458 e. The molecule has 0 unspecified atom stereocenters. The van der Waals surface area contributed by atoms with Gasteiger partial charge in [-0.3, -0.25) is 4.99 Å². The third-order valence-electron chi connectivity index (χ3n) is 3.65. The number of hydrogen-bond donors (Lipinski definition) is 3. The molecule has 2 aromatic rings. The predicted octanol–water partition coefficient (Wildman–Crippen LogP) is 3.95. The second-order valence-electron chi connectivity index (χ2n) is 5.67. The lowest BCUT2D eigenvalue weighted by Gasteiger charge is -2.02. The van der Waals surface area contributed by atoms with Crippen molar-refractivity contribution in [3.63, 3.8) is 0 Å². The topological polar surface area (TPSA) is 102 Å². The number of thiazole rings is 1. The maximum atomic E-state index is 5.91. The minimum absolute atomic E-state index is 0.382. The molecular formula is C17H27N5OS. The molecule has 0 fully saturated rings. The number of guanidine groups is 1. The van der Waals surface area contributed by atoms with Gasteiger partial charge in [-0.05, 0) is 18.6 Å². The van der Waals surface area contributed by atoms with Gasteiger partial charge in [-0.15, -0.1) is 11.3 Å². The summed E-state index contributed by atoms with van der Waals surface area (Å²) in [4.78, 5) is 8.80. The van der Waals surface area contributed by atoms with Crippen molar-refractivity contribution in [2.45, 2.75) is 52.0 Å². The van der Waals surface area contributed by atoms with E-state index in [4.69, 9.17) is 15.9 Å². The van der Waals surface area contributed by atoms with Gasteiger partial charge in [-0.2, -0.15) is 0 Å². The molecule has 0 atom stereocenters. The highest BCUT2D eigenvalue weighted by Crippen LogP contribution is 2.26. The number of aromatic nitrogens is 1. The van der Waals surface area contributed by atoms with Gasteiger partial charge in [0.05, 0.1) is 6.54 Å². The molecule has 0 aliphatic rings. The number of furan rings is 1. The molecule has 2 aromatic heterocycles. The van der Waals surface area contributed by atoms with Gasteiger partial charge in [0.15, 0.2) is 16.9 Å². The molecule has 132 valence electrons. The number of nitrogens with one attached hydrogen (secondary N) is 1. The van der Waals surface area contributed by atoms with Crippen LogP contribution in [0, 0.1) is 0 Å². The highest BCUT2D eigenvalue weighted by atomic mass is 32.1. The second kappa shape index (κ2) is 10.1. The largest absolute Gasteiger partial charge is 0.458 e. The third-order valence-corrected chi connectivity index (χ3v) is 4.41. The monoisotopic (exact) mass is 349 g/mol. The summed E-state index contributed by atoms with van der Waals surface area (Å²) in [7, 11) is 0. The van der Waals surface area contributed by atoms with Crippen LogP contribution in [0.2, 0.25) is 0 Å². The fourth-order valence-electron chi connectivity index (χ4n) is 2.31. The normalized spacial score (nSPS) is 11.8. The van der Waals surface area contributed by atoms with Crippen LogP contribution in [0.25, 0.3) is 11.5 Å². The molecule has 0 bridgehead atoms. The van der Waals surface area contributed by atoms with Crippen molar-refractivity contribution in [1.29, 1.82) is 0 Å². The van der Waals surface area contributed by atoms with E-state index in [1.807, 2.05) is 17.5 Å². The Balaban J connectivity index is 1.75. The minimum atomic E-state index is 0.382. The molecular weight excluding hydrogens is 322 g/mol. The molecule has 0 saturated carbocycles. The highest BCUT2D eigenvalue weighted by molar-refractivity contribution is 7.14. The van der Waals surface area contributed by atoms with E-state index in [-0.39, 0.29) is 0 Å². The second-order valence-corrected chi connectivity index (χ2v) is 6.53. The van der Waals surface area contributed by atoms with Gasteiger partial charge in [0.25, 0.3) is 0 Å². The molecule has 0 radical (unpaired) electrons. The summed E-state index contributed by atoms with van der Waals surface area (Å²) >= 11 is 1.47. The average Bonchev–Trinajstić information content (AvgIpc) is 3.22. The summed E-state index contributed by atoms with van der Waals surface area (Å²) < 4.78 is 5.59. The van der Waals surface area contributed by atoms with E-state index in [9.17, 15) is 0 Å². The first kappa shape index (κ1) is 18.5. The summed E-state index contributed by atoms with van der Waals surface area (Å²) in [6.07, 6.45) is 7.47. The van der Waals surface area contributed by atoms with Crippen LogP contribution < -0.4 is 16.8 Å². The molecule has 0 aliphatic heterocycles. The molecule has 0 saturated heterocycles. The summed E-state index contributed by atoms with van der Waals surface area (Å²) in [5.41, 5.74) is 12.2. The average molecular weight is 350 g/mol. The van der Waals surface area contributed by atoms with E-state index in [0.717, 1.165) is 24.4 Å². The number of aliphatic imine (C=N–C) groups is 1. The number of nitrogens with two attached hydrogens (primary N) is 2. The van der Waals surface area contributed by atoms with Gasteiger partial charge < -0.3 is 21.2 Å². The standard InChI is InChI=1S/C17H27N5OS/c1-2-3-4-5-6-7-10-20-16(19)22-17-21-14(12-24-17)15-9-8-13(11-18)23-15/h8-9,12H,2-7,10-11,18H2,1H3,(H3,19,20,21,22). The fraction of sp³-hybridized carbons (Fsp3) is 0.529. The molecule has 7 heteroatoms. The van der Waals surface area contributed by atoms with Crippen molar-refractivity contribution in [1.82, 2.24) is 4.98 Å². The van der Waals surface area contributed by atoms with Crippen LogP contribution in [0.3, 0.4) is 0 Å². The highest BCUT2D eigenvalue weighted by Gasteiger charge is 2.09. The Morgan fingerprint density at radius 2 is 2.04 bits per heavy atom. The molecule has 5 N–H and O–H groups in total. The van der Waals surface area contributed by atoms with Crippen molar-refractivity contribution in [2.24, 2.45) is 16.5 Å². The molecule has 24 heavy (non-hydrogen) atoms. The maximum Gasteiger partial charge on any atom is 0.194 e. The zero-order valence-corrected chi connectivity index (χ0v) is 15.1. The van der Waals surface area contributed by atoms with Crippen LogP contribution >= 0.6 is 11.3 Å². The molecule has 2 rings (SSSR count). The lowest BCUT2D eigenvalue weighted by molar-refractivity contribution is 0.524. The van der Waals surface area contributed by atoms with E-state index in [1.165, 1.54) is 43.4 Å². The quantitative estimate of drug-likeness (QED) is 0.342. The zero-order valence-electron chi connectivity index (χ0n) is 14.3. The van der Waals surface area contributed by atoms with E-state index in [2.05, 4.69) is 22.2 Å². The SMILES string of the molecule is CCCCCCCCN=C(N)Nc1nc(-c2ccc(CN)o2)cs1. The van der Waals surface area contributed by atoms with E-state index >= 15 is 0 Å². The van der Waals surface area contributed by atoms with Crippen LogP contribution in [-0.2, 0) is 6.54 Å². The zero-order chi connectivity index (χ0) is 17.2. The van der Waals surface area contributed by atoms with Gasteiger partial charge in [-0.1, -0.05) is 39.0 Å². The summed E-state index contributed by atoms with van der Waals surface area (Å²) in [5.74, 6) is 1.86. The number of hydrogen-bond acceptors (Lipinski definition) is 5. The Bertz CT molecular complexity index is 634. The van der Waals surface area contributed by atoms with Crippen molar-refractivity contribution < 1.29 is 4.42 Å². The molecule has 0 aliphatic carbocycles. The first-order valence-electron chi connectivity index (χ1n) is 8.54. The summed E-state index contributed by atoms with van der Waals surface area (Å²) in [6.45, 7) is 3.36. The summed E-state index contributed by atoms with van der Waals surface area (Å²) in [5, 5.41) is 5.66. The van der Waals surface area contributed by atoms with E-state index in [1.54, 1.807) is 0 Å². The van der Waals surface area contributed by atoms with Crippen LogP contribution in [0.1, 0.15) is 51.2 Å². The maximum absolute atomic E-state index is 5.91. The fourth-order valence-corrected chi connectivity index (χ4v) is 3.02. The Morgan fingerprint density at radius 3 is 2.79 bits per heavy atom. The smallest absolute Gasteiger partial charge is 0.194 e. The van der Waals surface area contributed by atoms with Gasteiger partial charge in [0.1, 0.15) is 11.5 Å². The summed E-state index contributed by atoms with van der Waals surface area (Å²) in [6, 6.07) is 3.73. The molecule has 0 spiro atoms. The number of anilines is 1. The molecule has 0 aromatic carbocycles. The van der Waals surface area contributed by atoms with Gasteiger partial charge in [0.2, 0.25) is 0 Å². The van der Waals surface area contributed by atoms with Crippen molar-refractivity contribution in [3.05, 3.63) is 23.3 Å². The van der Waals surface area contributed by atoms with Crippen LogP contribution in [-0.4, -0.2) is 17.5 Å². The molecule has 6 nitrogen and oxygen atoms in total. The van der Waals surface area contributed by atoms with Crippen LogP contribution in [0.4, 0.5) is 5.13 Å². The third kappa shape index (κ3) is 5.98. The Kier molecular flexibility index (Phi) is 7.77. The van der Waals surface area contributed by atoms with Crippen molar-refractivity contribution in [2.75, 3.05) is 11.9 Å². The van der Waals surface area contributed by atoms with Gasteiger partial charge in [0, 0.05) is 11.9 Å². The lowest BCUT2D eigenvalue weighted by atomic mass is 10.1. The number of rotatable bonds is 10. The van der Waals surface area contributed by atoms with Gasteiger partial charge in [-0.25, -0.2) is 4.98 Å².